The normalized spacial score (nSPS) is 11.9. The van der Waals surface area contributed by atoms with Gasteiger partial charge < -0.3 is 15.0 Å². The van der Waals surface area contributed by atoms with Crippen LogP contribution in [0.3, 0.4) is 0 Å². The fourth-order valence-electron chi connectivity index (χ4n) is 2.74. The monoisotopic (exact) mass is 473 g/mol. The highest BCUT2D eigenvalue weighted by molar-refractivity contribution is 7.92. The third-order valence-corrected chi connectivity index (χ3v) is 5.33. The van der Waals surface area contributed by atoms with E-state index < -0.39 is 21.7 Å². The molecule has 0 heterocycles. The van der Waals surface area contributed by atoms with E-state index in [4.69, 9.17) is 4.74 Å². The van der Waals surface area contributed by atoms with Crippen molar-refractivity contribution in [3.8, 4) is 0 Å². The van der Waals surface area contributed by atoms with Gasteiger partial charge in [-0.15, -0.1) is 0 Å². The van der Waals surface area contributed by atoms with Crippen molar-refractivity contribution in [2.45, 2.75) is 39.3 Å². The molecular formula is C24H31N3O5S. The molecule has 0 aromatic heterocycles. The molecule has 2 rings (SSSR count). The summed E-state index contributed by atoms with van der Waals surface area (Å²) < 4.78 is 31.8. The maximum absolute atomic E-state index is 12.2. The first-order valence-corrected chi connectivity index (χ1v) is 12.0. The Morgan fingerprint density at radius 1 is 1.06 bits per heavy atom. The van der Waals surface area contributed by atoms with Crippen molar-refractivity contribution >= 4 is 33.8 Å². The van der Waals surface area contributed by atoms with Crippen molar-refractivity contribution in [1.29, 1.82) is 0 Å². The molecule has 33 heavy (non-hydrogen) atoms. The van der Waals surface area contributed by atoms with E-state index in [-0.39, 0.29) is 18.9 Å². The average Bonchev–Trinajstić information content (AvgIpc) is 2.72. The Hall–Kier alpha value is -3.17. The number of carbonyl (C=O) groups is 2. The third kappa shape index (κ3) is 10.3. The molecule has 0 bridgehead atoms. The lowest BCUT2D eigenvalue weighted by atomic mass is 10.2. The summed E-state index contributed by atoms with van der Waals surface area (Å²) in [7, 11) is -2.01. The lowest BCUT2D eigenvalue weighted by Crippen LogP contribution is -2.33. The summed E-state index contributed by atoms with van der Waals surface area (Å²) in [6.45, 7) is 5.68. The summed E-state index contributed by atoms with van der Waals surface area (Å²) in [5, 5.41) is 3.81. The van der Waals surface area contributed by atoms with Gasteiger partial charge in [0.25, 0.3) is 0 Å². The zero-order valence-electron chi connectivity index (χ0n) is 19.4. The number of ether oxygens (including phenoxy) is 1. The van der Waals surface area contributed by atoms with Gasteiger partial charge in [0, 0.05) is 37.7 Å². The number of rotatable bonds is 9. The van der Waals surface area contributed by atoms with Gasteiger partial charge in [-0.3, -0.25) is 4.79 Å². The van der Waals surface area contributed by atoms with Crippen molar-refractivity contribution in [3.63, 3.8) is 0 Å². The van der Waals surface area contributed by atoms with Crippen LogP contribution in [0, 0.1) is 0 Å². The first-order valence-electron chi connectivity index (χ1n) is 10.5. The molecule has 0 spiro atoms. The highest BCUT2D eigenvalue weighted by atomic mass is 32.2. The second-order valence-corrected chi connectivity index (χ2v) is 10.1. The predicted octanol–water partition coefficient (Wildman–Crippen LogP) is 3.97. The van der Waals surface area contributed by atoms with E-state index in [0.717, 1.165) is 16.5 Å². The van der Waals surface area contributed by atoms with Crippen LogP contribution < -0.4 is 10.0 Å². The molecule has 0 aliphatic rings. The Morgan fingerprint density at radius 3 is 2.42 bits per heavy atom. The zero-order valence-corrected chi connectivity index (χ0v) is 20.2. The number of hydrogen-bond acceptors (Lipinski definition) is 5. The highest BCUT2D eigenvalue weighted by Crippen LogP contribution is 2.15. The third-order valence-electron chi connectivity index (χ3n) is 4.23. The second kappa shape index (κ2) is 11.6. The van der Waals surface area contributed by atoms with E-state index in [1.165, 1.54) is 11.0 Å². The molecule has 0 saturated carbocycles. The molecular weight excluding hydrogens is 442 g/mol. The van der Waals surface area contributed by atoms with Crippen LogP contribution in [0.2, 0.25) is 0 Å². The fraction of sp³-hybridized carbons (Fsp3) is 0.333. The first-order chi connectivity index (χ1) is 15.4. The molecule has 0 unspecified atom stereocenters. The van der Waals surface area contributed by atoms with E-state index in [2.05, 4.69) is 10.0 Å². The van der Waals surface area contributed by atoms with Crippen LogP contribution in [-0.4, -0.2) is 44.5 Å². The summed E-state index contributed by atoms with van der Waals surface area (Å²) in [5.41, 5.74) is 1.55. The first kappa shape index (κ1) is 26.1. The number of nitrogens with zero attached hydrogens (tertiary/aromatic N) is 1. The molecule has 0 aliphatic heterocycles. The molecule has 9 heteroatoms. The van der Waals surface area contributed by atoms with Crippen LogP contribution in [0.4, 0.5) is 10.5 Å². The van der Waals surface area contributed by atoms with Crippen molar-refractivity contribution in [3.05, 3.63) is 71.1 Å². The topological polar surface area (TPSA) is 105 Å². The van der Waals surface area contributed by atoms with Gasteiger partial charge in [0.2, 0.25) is 15.9 Å². The summed E-state index contributed by atoms with van der Waals surface area (Å²) in [6, 6.07) is 16.1. The number of benzene rings is 2. The van der Waals surface area contributed by atoms with Gasteiger partial charge >= 0.3 is 6.09 Å². The van der Waals surface area contributed by atoms with Crippen molar-refractivity contribution in [1.82, 2.24) is 9.62 Å². The van der Waals surface area contributed by atoms with E-state index in [0.29, 0.717) is 12.2 Å². The lowest BCUT2D eigenvalue weighted by Gasteiger charge is -2.24. The molecule has 8 nitrogen and oxygen atoms in total. The summed E-state index contributed by atoms with van der Waals surface area (Å²) in [4.78, 5) is 25.8. The Balaban J connectivity index is 1.83. The molecule has 0 fully saturated rings. The highest BCUT2D eigenvalue weighted by Gasteiger charge is 2.19. The molecule has 0 saturated heterocycles. The van der Waals surface area contributed by atoms with Gasteiger partial charge in [-0.2, -0.15) is 0 Å². The number of carbonyl (C=O) groups excluding carboxylic acids is 2. The standard InChI is InChI=1S/C24H31N3O5S/c1-24(2,3)32-23(29)27(4)18-20-11-8-12-21(17-20)26-22(28)13-15-25-33(30,31)16-14-19-9-6-5-7-10-19/h5-12,14,16-17,25H,13,15,18H2,1-4H3,(H,26,28)/b16-14+. The van der Waals surface area contributed by atoms with Crippen LogP contribution in [-0.2, 0) is 26.1 Å². The summed E-state index contributed by atoms with van der Waals surface area (Å²) in [5.74, 6) is -0.331. The Labute approximate surface area is 195 Å². The minimum atomic E-state index is -3.65. The fourth-order valence-corrected chi connectivity index (χ4v) is 3.56. The zero-order chi connectivity index (χ0) is 24.5. The Bertz CT molecular complexity index is 1080. The van der Waals surface area contributed by atoms with Crippen LogP contribution in [0.15, 0.2) is 60.0 Å². The maximum Gasteiger partial charge on any atom is 0.410 e. The average molecular weight is 474 g/mol. The van der Waals surface area contributed by atoms with E-state index in [9.17, 15) is 18.0 Å². The van der Waals surface area contributed by atoms with Crippen LogP contribution in [0.1, 0.15) is 38.3 Å². The van der Waals surface area contributed by atoms with E-state index in [1.807, 2.05) is 24.3 Å². The lowest BCUT2D eigenvalue weighted by molar-refractivity contribution is -0.116. The molecule has 178 valence electrons. The van der Waals surface area contributed by atoms with E-state index >= 15 is 0 Å². The van der Waals surface area contributed by atoms with Gasteiger partial charge in [0.05, 0.1) is 0 Å². The molecule has 0 atom stereocenters. The van der Waals surface area contributed by atoms with Crippen molar-refractivity contribution in [2.75, 3.05) is 18.9 Å². The number of nitrogens with one attached hydrogen (secondary N) is 2. The number of amides is 2. The maximum atomic E-state index is 12.2. The number of hydrogen-bond donors (Lipinski definition) is 2. The van der Waals surface area contributed by atoms with Gasteiger partial charge in [-0.1, -0.05) is 42.5 Å². The van der Waals surface area contributed by atoms with Gasteiger partial charge in [-0.25, -0.2) is 17.9 Å². The van der Waals surface area contributed by atoms with Crippen LogP contribution in [0.25, 0.3) is 6.08 Å². The molecule has 2 aromatic carbocycles. The number of sulfonamides is 1. The smallest absolute Gasteiger partial charge is 0.410 e. The van der Waals surface area contributed by atoms with Gasteiger partial charge in [0.15, 0.2) is 0 Å². The summed E-state index contributed by atoms with van der Waals surface area (Å²) >= 11 is 0. The Kier molecular flexibility index (Phi) is 9.19. The van der Waals surface area contributed by atoms with Gasteiger partial charge in [0.1, 0.15) is 5.60 Å². The van der Waals surface area contributed by atoms with Crippen LogP contribution in [0.5, 0.6) is 0 Å². The van der Waals surface area contributed by atoms with Gasteiger partial charge in [-0.05, 0) is 50.1 Å². The second-order valence-electron chi connectivity index (χ2n) is 8.49. The molecule has 0 radical (unpaired) electrons. The quantitative estimate of drug-likeness (QED) is 0.573. The molecule has 2 aromatic rings. The van der Waals surface area contributed by atoms with Crippen molar-refractivity contribution < 1.29 is 22.7 Å². The summed E-state index contributed by atoms with van der Waals surface area (Å²) in [6.07, 6.45) is 1.02. The minimum absolute atomic E-state index is 0.0273. The molecule has 2 amide bonds. The number of anilines is 1. The van der Waals surface area contributed by atoms with Crippen LogP contribution >= 0.6 is 0 Å². The van der Waals surface area contributed by atoms with Crippen molar-refractivity contribution in [2.24, 2.45) is 0 Å². The molecule has 2 N–H and O–H groups in total. The SMILES string of the molecule is CN(Cc1cccc(NC(=O)CCNS(=O)(=O)/C=C/c2ccccc2)c1)C(=O)OC(C)(C)C. The largest absolute Gasteiger partial charge is 0.444 e. The predicted molar refractivity (Wildman–Crippen MR) is 130 cm³/mol. The molecule has 0 aliphatic carbocycles. The van der Waals surface area contributed by atoms with E-state index in [1.54, 1.807) is 58.2 Å². The minimum Gasteiger partial charge on any atom is -0.444 e. The Morgan fingerprint density at radius 2 is 1.76 bits per heavy atom.